The molecule has 1 aromatic carbocycles. The van der Waals surface area contributed by atoms with Crippen LogP contribution in [0, 0.1) is 11.8 Å². The molecule has 1 aromatic heterocycles. The predicted octanol–water partition coefficient (Wildman–Crippen LogP) is 1.73. The summed E-state index contributed by atoms with van der Waals surface area (Å²) >= 11 is 0. The zero-order valence-electron chi connectivity index (χ0n) is 12.8. The van der Waals surface area contributed by atoms with Gasteiger partial charge in [0.15, 0.2) is 0 Å². The predicted molar refractivity (Wildman–Crippen MR) is 82.6 cm³/mol. The smallest absolute Gasteiger partial charge is 0.338 e. The number of amides is 1. The van der Waals surface area contributed by atoms with Crippen molar-refractivity contribution < 1.29 is 14.3 Å². The third-order valence-corrected chi connectivity index (χ3v) is 3.85. The molecule has 2 aromatic rings. The SMILES string of the molecule is C[C@H]1C[C@@H]1C(=O)Nc1ccc(C(=O)OCCn2cncn2)cc1. The molecule has 0 radical (unpaired) electrons. The van der Waals surface area contributed by atoms with Crippen LogP contribution in [-0.4, -0.2) is 33.2 Å². The van der Waals surface area contributed by atoms with E-state index < -0.39 is 5.97 Å². The van der Waals surface area contributed by atoms with E-state index in [0.29, 0.717) is 23.7 Å². The number of esters is 1. The third kappa shape index (κ3) is 3.94. The van der Waals surface area contributed by atoms with Crippen LogP contribution < -0.4 is 5.32 Å². The second-order valence-corrected chi connectivity index (χ2v) is 5.68. The molecule has 0 unspecified atom stereocenters. The van der Waals surface area contributed by atoms with Gasteiger partial charge in [-0.2, -0.15) is 5.10 Å². The standard InChI is InChI=1S/C16H18N4O3/c1-11-8-14(11)15(21)19-13-4-2-12(3-5-13)16(22)23-7-6-20-10-17-9-18-20/h2-5,9-11,14H,6-8H2,1H3,(H,19,21)/t11-,14-/m0/s1. The number of nitrogens with one attached hydrogen (secondary N) is 1. The van der Waals surface area contributed by atoms with Crippen molar-refractivity contribution in [3.8, 4) is 0 Å². The lowest BCUT2D eigenvalue weighted by Crippen LogP contribution is -2.15. The van der Waals surface area contributed by atoms with Crippen LogP contribution in [-0.2, 0) is 16.1 Å². The molecule has 1 amide bonds. The van der Waals surface area contributed by atoms with Crippen molar-refractivity contribution in [3.05, 3.63) is 42.5 Å². The first-order valence-corrected chi connectivity index (χ1v) is 7.54. The molecule has 1 aliphatic carbocycles. The second kappa shape index (κ2) is 6.60. The highest BCUT2D eigenvalue weighted by molar-refractivity contribution is 5.95. The lowest BCUT2D eigenvalue weighted by Gasteiger charge is -2.07. The molecule has 7 heteroatoms. The van der Waals surface area contributed by atoms with Crippen molar-refractivity contribution >= 4 is 17.6 Å². The molecular weight excluding hydrogens is 296 g/mol. The summed E-state index contributed by atoms with van der Waals surface area (Å²) in [6, 6.07) is 6.70. The highest BCUT2D eigenvalue weighted by Crippen LogP contribution is 2.38. The first-order valence-electron chi connectivity index (χ1n) is 7.54. The number of anilines is 1. The van der Waals surface area contributed by atoms with Crippen molar-refractivity contribution in [3.63, 3.8) is 0 Å². The minimum atomic E-state index is -0.404. The maximum Gasteiger partial charge on any atom is 0.338 e. The fraction of sp³-hybridized carbons (Fsp3) is 0.375. The topological polar surface area (TPSA) is 86.1 Å². The molecule has 1 saturated carbocycles. The van der Waals surface area contributed by atoms with E-state index in [2.05, 4.69) is 22.3 Å². The Morgan fingerprint density at radius 1 is 1.35 bits per heavy atom. The number of hydrogen-bond acceptors (Lipinski definition) is 5. The Balaban J connectivity index is 1.48. The highest BCUT2D eigenvalue weighted by Gasteiger charge is 2.39. The number of carbonyl (C=O) groups excluding carboxylic acids is 2. The summed E-state index contributed by atoms with van der Waals surface area (Å²) < 4.78 is 6.76. The lowest BCUT2D eigenvalue weighted by molar-refractivity contribution is -0.117. The van der Waals surface area contributed by atoms with Gasteiger partial charge in [-0.1, -0.05) is 6.92 Å². The second-order valence-electron chi connectivity index (χ2n) is 5.68. The Labute approximate surface area is 133 Å². The van der Waals surface area contributed by atoms with Crippen molar-refractivity contribution in [1.29, 1.82) is 0 Å². The maximum absolute atomic E-state index is 11.9. The van der Waals surface area contributed by atoms with Crippen LogP contribution in [0.5, 0.6) is 0 Å². The van der Waals surface area contributed by atoms with E-state index in [-0.39, 0.29) is 18.4 Å². The summed E-state index contributed by atoms with van der Waals surface area (Å²) in [4.78, 5) is 27.6. The van der Waals surface area contributed by atoms with Gasteiger partial charge in [0.1, 0.15) is 19.3 Å². The Morgan fingerprint density at radius 2 is 2.09 bits per heavy atom. The van der Waals surface area contributed by atoms with Gasteiger partial charge in [0.2, 0.25) is 5.91 Å². The molecule has 1 aliphatic rings. The molecule has 0 aliphatic heterocycles. The molecule has 0 saturated heterocycles. The first-order chi connectivity index (χ1) is 11.1. The van der Waals surface area contributed by atoms with Crippen LogP contribution in [0.2, 0.25) is 0 Å². The summed E-state index contributed by atoms with van der Waals surface area (Å²) in [5.74, 6) is 0.227. The molecule has 7 nitrogen and oxygen atoms in total. The molecule has 1 fully saturated rings. The maximum atomic E-state index is 11.9. The largest absolute Gasteiger partial charge is 0.460 e. The Bertz CT molecular complexity index is 682. The molecule has 3 rings (SSSR count). The molecule has 1 N–H and O–H groups in total. The Hall–Kier alpha value is -2.70. The normalized spacial score (nSPS) is 19.2. The molecule has 0 spiro atoms. The quantitative estimate of drug-likeness (QED) is 0.821. The van der Waals surface area contributed by atoms with E-state index >= 15 is 0 Å². The summed E-state index contributed by atoms with van der Waals surface area (Å²) in [5.41, 5.74) is 1.13. The van der Waals surface area contributed by atoms with Crippen molar-refractivity contribution in [2.45, 2.75) is 19.9 Å². The monoisotopic (exact) mass is 314 g/mol. The molecule has 0 bridgehead atoms. The molecule has 1 heterocycles. The van der Waals surface area contributed by atoms with E-state index in [4.69, 9.17) is 4.74 Å². The minimum Gasteiger partial charge on any atom is -0.460 e. The van der Waals surface area contributed by atoms with Gasteiger partial charge in [0.05, 0.1) is 12.1 Å². The number of hydrogen-bond donors (Lipinski definition) is 1. The van der Waals surface area contributed by atoms with Gasteiger partial charge in [0, 0.05) is 11.6 Å². The van der Waals surface area contributed by atoms with Gasteiger partial charge >= 0.3 is 5.97 Å². The number of carbonyl (C=O) groups is 2. The van der Waals surface area contributed by atoms with Crippen LogP contribution >= 0.6 is 0 Å². The van der Waals surface area contributed by atoms with Crippen LogP contribution in [0.3, 0.4) is 0 Å². The van der Waals surface area contributed by atoms with Gasteiger partial charge in [-0.25, -0.2) is 14.5 Å². The van der Waals surface area contributed by atoms with E-state index in [9.17, 15) is 9.59 Å². The van der Waals surface area contributed by atoms with Crippen molar-refractivity contribution in [2.24, 2.45) is 11.8 Å². The van der Waals surface area contributed by atoms with Crippen LogP contribution in [0.15, 0.2) is 36.9 Å². The van der Waals surface area contributed by atoms with Crippen molar-refractivity contribution in [1.82, 2.24) is 14.8 Å². The number of ether oxygens (including phenoxy) is 1. The first kappa shape index (κ1) is 15.2. The minimum absolute atomic E-state index is 0.0423. The van der Waals surface area contributed by atoms with Gasteiger partial charge in [-0.15, -0.1) is 0 Å². The summed E-state index contributed by atoms with van der Waals surface area (Å²) in [7, 11) is 0. The average molecular weight is 314 g/mol. The van der Waals surface area contributed by atoms with Crippen molar-refractivity contribution in [2.75, 3.05) is 11.9 Å². The molecule has 23 heavy (non-hydrogen) atoms. The zero-order valence-corrected chi connectivity index (χ0v) is 12.8. The summed E-state index contributed by atoms with van der Waals surface area (Å²) in [6.45, 7) is 2.74. The fourth-order valence-corrected chi connectivity index (χ4v) is 2.28. The average Bonchev–Trinajstić information content (AvgIpc) is 3.06. The van der Waals surface area contributed by atoms with Crippen LogP contribution in [0.1, 0.15) is 23.7 Å². The highest BCUT2D eigenvalue weighted by atomic mass is 16.5. The van der Waals surface area contributed by atoms with Gasteiger partial charge in [-0.3, -0.25) is 4.79 Å². The van der Waals surface area contributed by atoms with E-state index in [1.165, 1.54) is 6.33 Å². The number of nitrogens with zero attached hydrogens (tertiary/aromatic N) is 3. The van der Waals surface area contributed by atoms with E-state index in [1.54, 1.807) is 35.3 Å². The zero-order chi connectivity index (χ0) is 16.2. The van der Waals surface area contributed by atoms with Gasteiger partial charge < -0.3 is 10.1 Å². The lowest BCUT2D eigenvalue weighted by atomic mass is 10.2. The van der Waals surface area contributed by atoms with Crippen LogP contribution in [0.4, 0.5) is 5.69 Å². The van der Waals surface area contributed by atoms with Crippen LogP contribution in [0.25, 0.3) is 0 Å². The summed E-state index contributed by atoms with van der Waals surface area (Å²) in [6.07, 6.45) is 3.94. The van der Waals surface area contributed by atoms with E-state index in [0.717, 1.165) is 6.42 Å². The summed E-state index contributed by atoms with van der Waals surface area (Å²) in [5, 5.41) is 6.78. The van der Waals surface area contributed by atoms with Gasteiger partial charge in [0.25, 0.3) is 0 Å². The molecule has 120 valence electrons. The fourth-order valence-electron chi connectivity index (χ4n) is 2.28. The number of aromatic nitrogens is 3. The Morgan fingerprint density at radius 3 is 2.70 bits per heavy atom. The number of benzene rings is 1. The van der Waals surface area contributed by atoms with E-state index in [1.807, 2.05) is 0 Å². The Kier molecular flexibility index (Phi) is 4.36. The van der Waals surface area contributed by atoms with Gasteiger partial charge in [-0.05, 0) is 36.6 Å². The third-order valence-electron chi connectivity index (χ3n) is 3.85. The number of rotatable bonds is 6. The molecular formula is C16H18N4O3. The molecule has 2 atom stereocenters.